The van der Waals surface area contributed by atoms with Crippen molar-refractivity contribution < 1.29 is 61.1 Å². The van der Waals surface area contributed by atoms with Gasteiger partial charge in [-0.05, 0) is 76.6 Å². The molecule has 7 rings (SSSR count). The average Bonchev–Trinajstić information content (AvgIpc) is 3.50. The predicted octanol–water partition coefficient (Wildman–Crippen LogP) is 7.19. The van der Waals surface area contributed by atoms with Crippen LogP contribution in [0.3, 0.4) is 0 Å². The van der Waals surface area contributed by atoms with Gasteiger partial charge in [0.25, 0.3) is 0 Å². The Bertz CT molecular complexity index is 2830. The van der Waals surface area contributed by atoms with Gasteiger partial charge >= 0.3 is 11.0 Å². The molecule has 3 aliphatic heterocycles. The Hall–Kier alpha value is -5.56. The number of pyridine rings is 1. The third-order valence-electron chi connectivity index (χ3n) is 10.0. The van der Waals surface area contributed by atoms with E-state index in [0.29, 0.717) is 0 Å². The highest BCUT2D eigenvalue weighted by Crippen LogP contribution is 2.25. The van der Waals surface area contributed by atoms with Gasteiger partial charge < -0.3 is 18.9 Å². The molecule has 0 fully saturated rings. The quantitative estimate of drug-likeness (QED) is 0.0654. The molecule has 0 spiro atoms. The molecule has 3 aliphatic rings. The van der Waals surface area contributed by atoms with Crippen molar-refractivity contribution in [2.45, 2.75) is 43.1 Å². The molecule has 4 aromatic rings. The third kappa shape index (κ3) is 11.9. The Kier molecular flexibility index (Phi) is 14.7. The number of fused-ring (bicyclic) bond motifs is 5. The van der Waals surface area contributed by atoms with Crippen molar-refractivity contribution in [1.29, 1.82) is 0 Å². The zero-order valence-electron chi connectivity index (χ0n) is 34.1. The smallest absolute Gasteiger partial charge is 0.485 e. The molecule has 0 unspecified atom stereocenters. The van der Waals surface area contributed by atoms with E-state index in [1.165, 1.54) is 72.7 Å². The molecule has 0 saturated heterocycles. The zero-order valence-corrected chi connectivity index (χ0v) is 35.7. The van der Waals surface area contributed by atoms with Crippen LogP contribution < -0.4 is 19.3 Å². The molecule has 18 heteroatoms. The monoisotopic (exact) mass is 902 g/mol. The predicted molar refractivity (Wildman–Crippen MR) is 227 cm³/mol. The molecule has 10 nitrogen and oxygen atoms in total. The molecule has 0 amide bonds. The van der Waals surface area contributed by atoms with Crippen molar-refractivity contribution in [3.05, 3.63) is 134 Å². The lowest BCUT2D eigenvalue weighted by atomic mass is 9.93. The minimum absolute atomic E-state index is 1.09. The second-order valence-electron chi connectivity index (χ2n) is 14.8. The Morgan fingerprint density at radius 2 is 1.18 bits per heavy atom. The number of nitrogens with zero attached hydrogens (tertiary/aromatic N) is 4. The first kappa shape index (κ1) is 47.5. The van der Waals surface area contributed by atoms with E-state index in [4.69, 9.17) is 25.9 Å². The molecule has 3 aromatic carbocycles. The van der Waals surface area contributed by atoms with Gasteiger partial charge in [-0.2, -0.15) is 30.6 Å². The number of aromatic nitrogens is 1. The van der Waals surface area contributed by atoms with Crippen molar-refractivity contribution in [3.63, 3.8) is 0 Å². The number of anilines is 2. The number of benzene rings is 3. The first-order chi connectivity index (χ1) is 28.9. The first-order valence-electron chi connectivity index (χ1n) is 19.1. The van der Waals surface area contributed by atoms with Gasteiger partial charge in [-0.15, -0.1) is 0 Å². The Morgan fingerprint density at radius 1 is 0.661 bits per heavy atom. The Morgan fingerprint density at radius 3 is 1.69 bits per heavy atom. The van der Waals surface area contributed by atoms with E-state index in [0.717, 1.165) is 32.2 Å². The van der Waals surface area contributed by atoms with Crippen LogP contribution in [-0.4, -0.2) is 82.5 Å². The molecule has 62 heavy (non-hydrogen) atoms. The van der Waals surface area contributed by atoms with Crippen LogP contribution in [-0.2, 0) is 26.7 Å². The summed E-state index contributed by atoms with van der Waals surface area (Å²) in [6.07, 6.45) is 26.2. The summed E-state index contributed by atoms with van der Waals surface area (Å²) in [6.45, 7) is 1.10. The molecule has 0 atom stereocenters. The van der Waals surface area contributed by atoms with Crippen molar-refractivity contribution in [2.24, 2.45) is 0 Å². The van der Waals surface area contributed by atoms with Crippen LogP contribution in [0.15, 0.2) is 79.0 Å². The van der Waals surface area contributed by atoms with Crippen molar-refractivity contribution in [3.8, 4) is 0 Å². The maximum atomic E-state index is 10.7. The van der Waals surface area contributed by atoms with Gasteiger partial charge in [0, 0.05) is 77.0 Å². The topological polar surface area (TPSA) is 130 Å². The van der Waals surface area contributed by atoms with Crippen molar-refractivity contribution in [1.82, 2.24) is 0 Å². The fourth-order valence-corrected chi connectivity index (χ4v) is 6.93. The summed E-state index contributed by atoms with van der Waals surface area (Å²) >= 11 is 0. The molecule has 0 aliphatic carbocycles. The first-order valence-corrected chi connectivity index (χ1v) is 21.9. The molecule has 1 aromatic heterocycles. The van der Waals surface area contributed by atoms with Gasteiger partial charge in [0.2, 0.25) is 5.35 Å². The molecule has 330 valence electrons. The van der Waals surface area contributed by atoms with E-state index < -0.39 is 31.3 Å². The van der Waals surface area contributed by atoms with Gasteiger partial charge in [0.1, 0.15) is 12.8 Å². The highest BCUT2D eigenvalue weighted by atomic mass is 32.2. The zero-order chi connectivity index (χ0) is 45.6. The highest BCUT2D eigenvalue weighted by molar-refractivity contribution is 7.86. The lowest BCUT2D eigenvalue weighted by Gasteiger charge is -2.12. The molecule has 0 bridgehead atoms. The van der Waals surface area contributed by atoms with Crippen LogP contribution in [0.4, 0.5) is 37.7 Å². The second kappa shape index (κ2) is 19.2. The van der Waals surface area contributed by atoms with E-state index in [1.54, 1.807) is 0 Å². The van der Waals surface area contributed by atoms with Gasteiger partial charge in [0.15, 0.2) is 38.3 Å². The standard InChI is InChI=1S/C42H44N4.2CHF3O3S/c1-43(2)36-20-15-31(16-21-36)12-13-33-24-28-46-27-8-10-38-34(19-14-32-17-22-37(23-18-32)44(3)4)30-35-9-7-26-45-25-6-5-11-39(45)41(35)42(38)40(46)29-33;2*2-1(3,4)8(5,6)7/h8,10,12-25,27-30H,5-7,9,11,26H2,1-4H3;2*(H,5,6,7)/q+2;;/p-2/b13-12+;;. The molecule has 0 N–H and O–H groups in total. The summed E-state index contributed by atoms with van der Waals surface area (Å²) < 4.78 is 123. The van der Waals surface area contributed by atoms with Crippen LogP contribution in [0, 0.1) is 16.8 Å². The summed E-state index contributed by atoms with van der Waals surface area (Å²) in [5.41, 5.74) is 0.275. The van der Waals surface area contributed by atoms with E-state index >= 15 is 0 Å². The van der Waals surface area contributed by atoms with E-state index in [2.05, 4.69) is 169 Å². The largest absolute Gasteiger partial charge is 0.741 e. The fraction of sp³-hybridized carbons (Fsp3) is 0.273. The number of allylic oxidation sites excluding steroid dienone is 1. The fourth-order valence-electron chi connectivity index (χ4n) is 6.93. The molecule has 0 saturated carbocycles. The highest BCUT2D eigenvalue weighted by Gasteiger charge is 2.37. The lowest BCUT2D eigenvalue weighted by Crippen LogP contribution is -2.27. The van der Waals surface area contributed by atoms with E-state index in [-0.39, 0.29) is 0 Å². The van der Waals surface area contributed by atoms with Gasteiger partial charge in [-0.1, -0.05) is 54.6 Å². The number of hydrogen-bond donors (Lipinski definition) is 0. The molecular formula is C44H44F6N4O6S2. The number of halogens is 6. The van der Waals surface area contributed by atoms with E-state index in [9.17, 15) is 26.3 Å². The summed E-state index contributed by atoms with van der Waals surface area (Å²) in [4.78, 5) is 4.28. The van der Waals surface area contributed by atoms with Crippen LogP contribution in [0.2, 0.25) is 0 Å². The van der Waals surface area contributed by atoms with Crippen molar-refractivity contribution in [2.75, 3.05) is 44.5 Å². The number of hydrogen-bond acceptors (Lipinski definition) is 8. The second-order valence-corrected chi connectivity index (χ2v) is 17.5. The van der Waals surface area contributed by atoms with E-state index in [1.807, 2.05) is 0 Å². The van der Waals surface area contributed by atoms with Crippen molar-refractivity contribution >= 4 is 73.9 Å². The molecule has 0 radical (unpaired) electrons. The number of alkyl halides is 6. The number of rotatable bonds is 6. The Labute approximate surface area is 355 Å². The van der Waals surface area contributed by atoms with Gasteiger partial charge in [0.05, 0.1) is 10.4 Å². The SMILES string of the molecule is CN(C)c1ccc(/C=C/c2cc[n+]3c(c2)=c2c(c(/C=C/c4ccc(N(C)C)cc4)cc4c2=C2CCCC=[N+]2CCC4)C=CC=3)cc1.O=S(=O)([O-])C(F)(F)F.O=S(=O)([O-])C(F)(F)F. The minimum Gasteiger partial charge on any atom is -0.741 e. The van der Waals surface area contributed by atoms with Crippen LogP contribution in [0.5, 0.6) is 0 Å². The molecule has 4 heterocycles. The summed E-state index contributed by atoms with van der Waals surface area (Å²) in [7, 11) is -3.85. The average molecular weight is 903 g/mol. The van der Waals surface area contributed by atoms with Crippen LogP contribution >= 0.6 is 0 Å². The maximum Gasteiger partial charge on any atom is 0.485 e. The van der Waals surface area contributed by atoms with Crippen LogP contribution in [0.25, 0.3) is 36.1 Å². The van der Waals surface area contributed by atoms with Crippen LogP contribution in [0.1, 0.15) is 59.1 Å². The lowest BCUT2D eigenvalue weighted by molar-refractivity contribution is -0.518. The third-order valence-corrected chi connectivity index (χ3v) is 11.1. The summed E-state index contributed by atoms with van der Waals surface area (Å²) in [6, 6.07) is 24.6. The Balaban J connectivity index is 0.000000386. The summed E-state index contributed by atoms with van der Waals surface area (Å²) in [5, 5.41) is 4.05. The summed E-state index contributed by atoms with van der Waals surface area (Å²) in [5.74, 6) is 0. The number of aryl methyl sites for hydroxylation is 1. The maximum absolute atomic E-state index is 10.7. The molecular weight excluding hydrogens is 859 g/mol. The van der Waals surface area contributed by atoms with Gasteiger partial charge in [-0.25, -0.2) is 21.4 Å². The normalized spacial score (nSPS) is 15.0. The minimum atomic E-state index is -6.09. The van der Waals surface area contributed by atoms with Gasteiger partial charge in [-0.3, -0.25) is 0 Å².